The maximum Gasteiger partial charge on any atom is 0.262 e. The van der Waals surface area contributed by atoms with Gasteiger partial charge in [-0.05, 0) is 60.0 Å². The lowest BCUT2D eigenvalue weighted by atomic mass is 10.1. The van der Waals surface area contributed by atoms with Crippen LogP contribution < -0.4 is 20.3 Å². The number of benzene rings is 3. The van der Waals surface area contributed by atoms with Crippen molar-refractivity contribution < 1.29 is 19.1 Å². The predicted molar refractivity (Wildman–Crippen MR) is 140 cm³/mol. The van der Waals surface area contributed by atoms with Gasteiger partial charge in [-0.3, -0.25) is 14.4 Å². The molecule has 0 unspecified atom stereocenters. The maximum atomic E-state index is 12.6. The fraction of sp³-hybridized carbons (Fsp3) is 0.250. The molecule has 3 aromatic rings. The van der Waals surface area contributed by atoms with Gasteiger partial charge in [0.1, 0.15) is 5.75 Å². The van der Waals surface area contributed by atoms with Gasteiger partial charge in [0.25, 0.3) is 5.91 Å². The molecule has 2 N–H and O–H groups in total. The minimum absolute atomic E-state index is 0.107. The molecule has 3 aromatic carbocycles. The molecule has 186 valence electrons. The van der Waals surface area contributed by atoms with E-state index in [-0.39, 0.29) is 30.7 Å². The van der Waals surface area contributed by atoms with E-state index in [2.05, 4.69) is 10.6 Å². The van der Waals surface area contributed by atoms with Gasteiger partial charge in [-0.1, -0.05) is 48.9 Å². The van der Waals surface area contributed by atoms with Crippen LogP contribution in [-0.2, 0) is 27.3 Å². The van der Waals surface area contributed by atoms with Crippen LogP contribution in [-0.4, -0.2) is 30.9 Å². The van der Waals surface area contributed by atoms with Gasteiger partial charge in [-0.15, -0.1) is 0 Å². The van der Waals surface area contributed by atoms with Crippen LogP contribution in [0.15, 0.2) is 72.8 Å². The second kappa shape index (κ2) is 11.7. The van der Waals surface area contributed by atoms with Crippen LogP contribution in [0.4, 0.5) is 11.4 Å². The Morgan fingerprint density at radius 3 is 2.47 bits per heavy atom. The van der Waals surface area contributed by atoms with E-state index in [1.165, 1.54) is 0 Å². The van der Waals surface area contributed by atoms with Crippen molar-refractivity contribution in [2.75, 3.05) is 23.4 Å². The normalized spacial score (nSPS) is 15.0. The second-order valence-corrected chi connectivity index (χ2v) is 9.03. The van der Waals surface area contributed by atoms with Crippen LogP contribution in [0.1, 0.15) is 24.5 Å². The largest absolute Gasteiger partial charge is 0.484 e. The number of amides is 3. The molecule has 0 aromatic heterocycles. The lowest BCUT2D eigenvalue weighted by molar-refractivity contribution is -0.126. The van der Waals surface area contributed by atoms with E-state index in [1.807, 2.05) is 43.3 Å². The van der Waals surface area contributed by atoms with Crippen LogP contribution >= 0.6 is 11.6 Å². The van der Waals surface area contributed by atoms with Gasteiger partial charge in [-0.25, -0.2) is 0 Å². The molecular weight excluding hydrogens is 478 g/mol. The van der Waals surface area contributed by atoms with Crippen LogP contribution in [0, 0.1) is 5.92 Å². The minimum atomic E-state index is -0.421. The summed E-state index contributed by atoms with van der Waals surface area (Å²) in [5.41, 5.74) is 3.46. The average molecular weight is 506 g/mol. The summed E-state index contributed by atoms with van der Waals surface area (Å²) in [5.74, 6) is -0.417. The molecule has 1 fully saturated rings. The second-order valence-electron chi connectivity index (χ2n) is 8.59. The number of carbonyl (C=O) groups excluding carboxylic acids is 3. The van der Waals surface area contributed by atoms with Gasteiger partial charge in [-0.2, -0.15) is 0 Å². The maximum absolute atomic E-state index is 12.6. The zero-order valence-corrected chi connectivity index (χ0v) is 20.8. The highest BCUT2D eigenvalue weighted by molar-refractivity contribution is 6.30. The van der Waals surface area contributed by atoms with E-state index in [0.29, 0.717) is 29.5 Å². The highest BCUT2D eigenvalue weighted by atomic mass is 35.5. The van der Waals surface area contributed by atoms with Crippen LogP contribution in [0.5, 0.6) is 5.75 Å². The van der Waals surface area contributed by atoms with Crippen molar-refractivity contribution in [1.82, 2.24) is 5.32 Å². The number of anilines is 2. The standard InChI is InChI=1S/C28H28ClN3O4/c1-2-20-5-3-4-6-25(20)31-26(33)18-36-24-13-11-23(12-14-24)32-17-21(15-27(32)34)28(35)30-16-19-7-9-22(29)10-8-19/h3-14,21H,2,15-18H2,1H3,(H,30,35)(H,31,33)/t21-/m0/s1. The number of rotatable bonds is 9. The fourth-order valence-corrected chi connectivity index (χ4v) is 4.20. The minimum Gasteiger partial charge on any atom is -0.484 e. The number of ether oxygens (including phenoxy) is 1. The van der Waals surface area contributed by atoms with Crippen molar-refractivity contribution in [2.24, 2.45) is 5.92 Å². The number of aryl methyl sites for hydroxylation is 1. The molecule has 0 radical (unpaired) electrons. The summed E-state index contributed by atoms with van der Waals surface area (Å²) >= 11 is 5.89. The fourth-order valence-electron chi connectivity index (χ4n) is 4.08. The number of carbonyl (C=O) groups is 3. The van der Waals surface area contributed by atoms with Crippen LogP contribution in [0.3, 0.4) is 0 Å². The third-order valence-electron chi connectivity index (χ3n) is 6.07. The number of nitrogens with zero attached hydrogens (tertiary/aromatic N) is 1. The van der Waals surface area contributed by atoms with E-state index < -0.39 is 5.92 Å². The van der Waals surface area contributed by atoms with Gasteiger partial charge in [0.2, 0.25) is 11.8 Å². The summed E-state index contributed by atoms with van der Waals surface area (Å²) < 4.78 is 5.61. The lowest BCUT2D eigenvalue weighted by Crippen LogP contribution is -2.32. The summed E-state index contributed by atoms with van der Waals surface area (Å²) in [7, 11) is 0. The van der Waals surface area contributed by atoms with Gasteiger partial charge in [0.05, 0.1) is 5.92 Å². The van der Waals surface area contributed by atoms with Crippen molar-refractivity contribution in [2.45, 2.75) is 26.3 Å². The molecule has 1 saturated heterocycles. The van der Waals surface area contributed by atoms with Crippen molar-refractivity contribution in [3.05, 3.63) is 88.9 Å². The highest BCUT2D eigenvalue weighted by Crippen LogP contribution is 2.27. The first-order valence-electron chi connectivity index (χ1n) is 11.9. The number of hydrogen-bond acceptors (Lipinski definition) is 4. The van der Waals surface area contributed by atoms with E-state index in [4.69, 9.17) is 16.3 Å². The third-order valence-corrected chi connectivity index (χ3v) is 6.32. The first-order valence-corrected chi connectivity index (χ1v) is 12.2. The smallest absolute Gasteiger partial charge is 0.262 e. The first kappa shape index (κ1) is 25.3. The average Bonchev–Trinajstić information content (AvgIpc) is 3.29. The number of hydrogen-bond donors (Lipinski definition) is 2. The summed E-state index contributed by atoms with van der Waals surface area (Å²) in [5, 5.41) is 6.41. The third kappa shape index (κ3) is 6.43. The zero-order valence-electron chi connectivity index (χ0n) is 20.0. The van der Waals surface area contributed by atoms with Crippen molar-refractivity contribution >= 4 is 40.7 Å². The zero-order chi connectivity index (χ0) is 25.5. The Balaban J connectivity index is 1.27. The van der Waals surface area contributed by atoms with Gasteiger partial charge < -0.3 is 20.3 Å². The van der Waals surface area contributed by atoms with Gasteiger partial charge >= 0.3 is 0 Å². The van der Waals surface area contributed by atoms with Gasteiger partial charge in [0, 0.05) is 35.9 Å². The Kier molecular flexibility index (Phi) is 8.23. The summed E-state index contributed by atoms with van der Waals surface area (Å²) in [6, 6.07) is 21.8. The SMILES string of the molecule is CCc1ccccc1NC(=O)COc1ccc(N2C[C@@H](C(=O)NCc3ccc(Cl)cc3)CC2=O)cc1. The molecule has 0 aliphatic carbocycles. The number of halogens is 1. The Labute approximate surface area is 215 Å². The quantitative estimate of drug-likeness (QED) is 0.445. The molecule has 0 saturated carbocycles. The molecule has 1 heterocycles. The molecule has 0 bridgehead atoms. The Bertz CT molecular complexity index is 1230. The Morgan fingerprint density at radius 2 is 1.75 bits per heavy atom. The van der Waals surface area contributed by atoms with Gasteiger partial charge in [0.15, 0.2) is 6.61 Å². The molecule has 1 atom stereocenters. The molecule has 7 nitrogen and oxygen atoms in total. The Hall–Kier alpha value is -3.84. The predicted octanol–water partition coefficient (Wildman–Crippen LogP) is 4.59. The summed E-state index contributed by atoms with van der Waals surface area (Å²) in [6.07, 6.45) is 0.975. The van der Waals surface area contributed by atoms with E-state index in [1.54, 1.807) is 41.3 Å². The molecule has 3 amide bonds. The molecule has 36 heavy (non-hydrogen) atoms. The molecular formula is C28H28ClN3O4. The van der Waals surface area contributed by atoms with Crippen molar-refractivity contribution in [3.8, 4) is 5.75 Å². The van der Waals surface area contributed by atoms with E-state index >= 15 is 0 Å². The van der Waals surface area contributed by atoms with E-state index in [0.717, 1.165) is 23.2 Å². The van der Waals surface area contributed by atoms with Crippen molar-refractivity contribution in [3.63, 3.8) is 0 Å². The molecule has 0 spiro atoms. The Morgan fingerprint density at radius 1 is 1.03 bits per heavy atom. The van der Waals surface area contributed by atoms with Crippen molar-refractivity contribution in [1.29, 1.82) is 0 Å². The molecule has 8 heteroatoms. The van der Waals surface area contributed by atoms with Crippen LogP contribution in [0.2, 0.25) is 5.02 Å². The lowest BCUT2D eigenvalue weighted by Gasteiger charge is -2.17. The molecule has 1 aliphatic heterocycles. The number of nitrogens with one attached hydrogen (secondary N) is 2. The summed E-state index contributed by atoms with van der Waals surface area (Å²) in [4.78, 5) is 39.1. The summed E-state index contributed by atoms with van der Waals surface area (Å²) in [6.45, 7) is 2.59. The first-order chi connectivity index (χ1) is 17.4. The van der Waals surface area contributed by atoms with E-state index in [9.17, 15) is 14.4 Å². The topological polar surface area (TPSA) is 87.7 Å². The number of para-hydroxylation sites is 1. The molecule has 4 rings (SSSR count). The monoisotopic (exact) mass is 505 g/mol. The molecule has 1 aliphatic rings. The van der Waals surface area contributed by atoms with Crippen LogP contribution in [0.25, 0.3) is 0 Å². The highest BCUT2D eigenvalue weighted by Gasteiger charge is 2.35.